The van der Waals surface area contributed by atoms with Crippen molar-refractivity contribution in [3.05, 3.63) is 63.8 Å². The topological polar surface area (TPSA) is 81.2 Å². The molecule has 0 aliphatic heterocycles. The van der Waals surface area contributed by atoms with E-state index in [-0.39, 0.29) is 5.91 Å². The maximum atomic E-state index is 12.6. The van der Waals surface area contributed by atoms with Crippen LogP contribution in [0.15, 0.2) is 36.5 Å². The van der Waals surface area contributed by atoms with E-state index < -0.39 is 12.1 Å². The van der Waals surface area contributed by atoms with Crippen molar-refractivity contribution in [1.29, 1.82) is 0 Å². The zero-order chi connectivity index (χ0) is 21.1. The smallest absolute Gasteiger partial charge is 0.351 e. The zero-order valence-corrected chi connectivity index (χ0v) is 17.9. The molecule has 0 aliphatic rings. The maximum absolute atomic E-state index is 12.6. The highest BCUT2D eigenvalue weighted by atomic mass is 32.1. The molecule has 0 bridgehead atoms. The van der Waals surface area contributed by atoms with Crippen LogP contribution in [0.4, 0.5) is 5.69 Å². The van der Waals surface area contributed by atoms with Gasteiger partial charge in [-0.05, 0) is 57.9 Å². The van der Waals surface area contributed by atoms with Gasteiger partial charge in [-0.1, -0.05) is 23.8 Å². The summed E-state index contributed by atoms with van der Waals surface area (Å²) in [6, 6.07) is 9.50. The number of pyridine rings is 1. The van der Waals surface area contributed by atoms with E-state index in [0.29, 0.717) is 21.3 Å². The molecule has 0 saturated carbocycles. The molecule has 0 unspecified atom stereocenters. The third-order valence-electron chi connectivity index (χ3n) is 4.44. The van der Waals surface area contributed by atoms with Crippen LogP contribution in [0.2, 0.25) is 0 Å². The first-order valence-electron chi connectivity index (χ1n) is 9.24. The average molecular weight is 410 g/mol. The van der Waals surface area contributed by atoms with E-state index >= 15 is 0 Å². The molecule has 0 saturated heterocycles. The number of ether oxygens (including phenoxy) is 1. The second-order valence-corrected chi connectivity index (χ2v) is 7.96. The molecule has 7 heteroatoms. The first-order chi connectivity index (χ1) is 13.8. The van der Waals surface area contributed by atoms with Crippen LogP contribution in [0, 0.1) is 27.7 Å². The Morgan fingerprint density at radius 3 is 2.41 bits per heavy atom. The van der Waals surface area contributed by atoms with Gasteiger partial charge in [0.1, 0.15) is 9.88 Å². The summed E-state index contributed by atoms with van der Waals surface area (Å²) in [6.45, 7) is 9.18. The molecule has 29 heavy (non-hydrogen) atoms. The van der Waals surface area contributed by atoms with Crippen LogP contribution >= 0.6 is 11.3 Å². The second-order valence-electron chi connectivity index (χ2n) is 6.96. The molecule has 0 radical (unpaired) electrons. The van der Waals surface area contributed by atoms with E-state index in [1.165, 1.54) is 11.3 Å². The van der Waals surface area contributed by atoms with Gasteiger partial charge in [-0.25, -0.2) is 9.78 Å². The SMILES string of the molecule is Cc1cc(C)c(NC(=O)[C@@H](C)OC(=O)c2sc(-c3ccccn3)nc2C)c(C)c1. The number of nitrogens with zero attached hydrogens (tertiary/aromatic N) is 2. The maximum Gasteiger partial charge on any atom is 0.351 e. The minimum atomic E-state index is -0.942. The molecular weight excluding hydrogens is 386 g/mol. The van der Waals surface area contributed by atoms with Crippen molar-refractivity contribution >= 4 is 28.9 Å². The van der Waals surface area contributed by atoms with Crippen LogP contribution in [-0.2, 0) is 9.53 Å². The molecular formula is C22H23N3O3S. The summed E-state index contributed by atoms with van der Waals surface area (Å²) in [6.07, 6.45) is 0.730. The van der Waals surface area contributed by atoms with Gasteiger partial charge >= 0.3 is 5.97 Å². The van der Waals surface area contributed by atoms with Gasteiger partial charge in [0.05, 0.1) is 11.4 Å². The minimum Gasteiger partial charge on any atom is -0.448 e. The summed E-state index contributed by atoms with van der Waals surface area (Å²) >= 11 is 1.21. The van der Waals surface area contributed by atoms with Gasteiger partial charge in [0.25, 0.3) is 5.91 Å². The summed E-state index contributed by atoms with van der Waals surface area (Å²) in [5.41, 5.74) is 5.05. The van der Waals surface area contributed by atoms with Crippen LogP contribution in [0.1, 0.15) is 39.0 Å². The minimum absolute atomic E-state index is 0.369. The highest BCUT2D eigenvalue weighted by molar-refractivity contribution is 7.17. The zero-order valence-electron chi connectivity index (χ0n) is 17.1. The lowest BCUT2D eigenvalue weighted by Crippen LogP contribution is -2.30. The molecule has 2 aromatic heterocycles. The number of aryl methyl sites for hydroxylation is 4. The Labute approximate surface area is 174 Å². The number of esters is 1. The van der Waals surface area contributed by atoms with Gasteiger partial charge in [0.2, 0.25) is 0 Å². The molecule has 3 rings (SSSR count). The Balaban J connectivity index is 1.71. The number of carbonyl (C=O) groups is 2. The van der Waals surface area contributed by atoms with Crippen LogP contribution in [-0.4, -0.2) is 27.9 Å². The highest BCUT2D eigenvalue weighted by Crippen LogP contribution is 2.27. The third-order valence-corrected chi connectivity index (χ3v) is 5.60. The number of nitrogens with one attached hydrogen (secondary N) is 1. The average Bonchev–Trinajstić information content (AvgIpc) is 3.07. The van der Waals surface area contributed by atoms with E-state index in [4.69, 9.17) is 4.74 Å². The van der Waals surface area contributed by atoms with E-state index in [2.05, 4.69) is 15.3 Å². The summed E-state index contributed by atoms with van der Waals surface area (Å²) < 4.78 is 5.40. The molecule has 6 nitrogen and oxygen atoms in total. The van der Waals surface area contributed by atoms with E-state index in [0.717, 1.165) is 22.4 Å². The highest BCUT2D eigenvalue weighted by Gasteiger charge is 2.24. The van der Waals surface area contributed by atoms with Crippen LogP contribution in [0.3, 0.4) is 0 Å². The summed E-state index contributed by atoms with van der Waals surface area (Å²) in [4.78, 5) is 34.2. The number of amides is 1. The van der Waals surface area contributed by atoms with E-state index in [1.807, 2.05) is 51.1 Å². The van der Waals surface area contributed by atoms with Crippen molar-refractivity contribution in [3.63, 3.8) is 0 Å². The number of hydrogen-bond donors (Lipinski definition) is 1. The quantitative estimate of drug-likeness (QED) is 0.622. The fourth-order valence-corrected chi connectivity index (χ4v) is 3.98. The van der Waals surface area contributed by atoms with Crippen molar-refractivity contribution in [3.8, 4) is 10.7 Å². The predicted molar refractivity (Wildman–Crippen MR) is 114 cm³/mol. The number of anilines is 1. The lowest BCUT2D eigenvalue weighted by atomic mass is 10.0. The summed E-state index contributed by atoms with van der Waals surface area (Å²) in [7, 11) is 0. The molecule has 1 N–H and O–H groups in total. The molecule has 1 aromatic carbocycles. The molecule has 0 fully saturated rings. The van der Waals surface area contributed by atoms with Crippen molar-refractivity contribution in [2.75, 3.05) is 5.32 Å². The van der Waals surface area contributed by atoms with Crippen molar-refractivity contribution in [1.82, 2.24) is 9.97 Å². The first kappa shape index (κ1) is 20.7. The molecule has 3 aromatic rings. The molecule has 1 amide bonds. The monoisotopic (exact) mass is 409 g/mol. The molecule has 0 aliphatic carbocycles. The lowest BCUT2D eigenvalue weighted by molar-refractivity contribution is -0.123. The van der Waals surface area contributed by atoms with Gasteiger partial charge in [-0.15, -0.1) is 11.3 Å². The van der Waals surface area contributed by atoms with Crippen LogP contribution in [0.5, 0.6) is 0 Å². The summed E-state index contributed by atoms with van der Waals surface area (Å²) in [5.74, 6) is -0.942. The van der Waals surface area contributed by atoms with Crippen molar-refractivity contribution in [2.24, 2.45) is 0 Å². The Hall–Kier alpha value is -3.06. The van der Waals surface area contributed by atoms with Gasteiger partial charge in [0, 0.05) is 11.9 Å². The van der Waals surface area contributed by atoms with Crippen molar-refractivity contribution < 1.29 is 14.3 Å². The second kappa shape index (κ2) is 8.53. The Morgan fingerprint density at radius 2 is 1.79 bits per heavy atom. The molecule has 1 atom stereocenters. The predicted octanol–water partition coefficient (Wildman–Crippen LogP) is 4.62. The fourth-order valence-electron chi connectivity index (χ4n) is 3.05. The van der Waals surface area contributed by atoms with Crippen LogP contribution < -0.4 is 5.32 Å². The van der Waals surface area contributed by atoms with Crippen molar-refractivity contribution in [2.45, 2.75) is 40.7 Å². The summed E-state index contributed by atoms with van der Waals surface area (Å²) in [5, 5.41) is 3.51. The first-order valence-corrected chi connectivity index (χ1v) is 10.1. The van der Waals surface area contributed by atoms with E-state index in [9.17, 15) is 9.59 Å². The number of carbonyl (C=O) groups excluding carboxylic acids is 2. The molecule has 0 spiro atoms. The van der Waals surface area contributed by atoms with Gasteiger partial charge < -0.3 is 10.1 Å². The number of rotatable bonds is 5. The Kier molecular flexibility index (Phi) is 6.08. The Morgan fingerprint density at radius 1 is 1.10 bits per heavy atom. The Bertz CT molecular complexity index is 1040. The van der Waals surface area contributed by atoms with Crippen LogP contribution in [0.25, 0.3) is 10.7 Å². The normalized spacial score (nSPS) is 11.8. The fraction of sp³-hybridized carbons (Fsp3) is 0.273. The number of benzene rings is 1. The number of thiazole rings is 1. The molecule has 150 valence electrons. The lowest BCUT2D eigenvalue weighted by Gasteiger charge is -2.16. The molecule has 2 heterocycles. The van der Waals surface area contributed by atoms with Gasteiger partial charge in [-0.3, -0.25) is 9.78 Å². The largest absolute Gasteiger partial charge is 0.448 e. The third kappa shape index (κ3) is 4.68. The van der Waals surface area contributed by atoms with Gasteiger partial charge in [-0.2, -0.15) is 0 Å². The number of hydrogen-bond acceptors (Lipinski definition) is 6. The standard InChI is InChI=1S/C22H23N3O3S/c1-12-10-13(2)18(14(3)11-12)25-20(26)16(5)28-22(27)19-15(4)24-21(29-19)17-8-6-7-9-23-17/h6-11,16H,1-5H3,(H,25,26)/t16-/m1/s1. The van der Waals surface area contributed by atoms with Gasteiger partial charge in [0.15, 0.2) is 6.10 Å². The number of aromatic nitrogens is 2. The van der Waals surface area contributed by atoms with E-state index in [1.54, 1.807) is 20.0 Å².